The van der Waals surface area contributed by atoms with Crippen LogP contribution in [0.4, 0.5) is 0 Å². The van der Waals surface area contributed by atoms with Gasteiger partial charge in [-0.25, -0.2) is 0 Å². The van der Waals surface area contributed by atoms with E-state index < -0.39 is 25.7 Å². The molecule has 4 nitrogen and oxygen atoms in total. The summed E-state index contributed by atoms with van der Waals surface area (Å²) in [6.07, 6.45) is 0. The Hall–Kier alpha value is -0.489. The number of rotatable bonds is 12. The molecule has 0 aromatic heterocycles. The average Bonchev–Trinajstić information content (AvgIpc) is 2.70. The maximum Gasteiger partial charge on any atom is 0.323 e. The first-order valence-electron chi connectivity index (χ1n) is 10.4. The molecule has 0 radical (unpaired) electrons. The lowest BCUT2D eigenvalue weighted by molar-refractivity contribution is 0.195. The Balaban J connectivity index is 1.87. The van der Waals surface area contributed by atoms with E-state index in [1.165, 1.54) is 0 Å². The maximum absolute atomic E-state index is 6.46. The molecule has 9 heteroatoms. The van der Waals surface area contributed by atoms with Crippen LogP contribution in [0, 0.1) is 0 Å². The lowest BCUT2D eigenvalue weighted by Crippen LogP contribution is -2.54. The second-order valence-electron chi connectivity index (χ2n) is 8.88. The molecule has 2 aromatic carbocycles. The zero-order chi connectivity index (χ0) is 23.1. The van der Waals surface area contributed by atoms with Crippen LogP contribution < -0.4 is 0 Å². The van der Waals surface area contributed by atoms with Crippen LogP contribution in [-0.4, -0.2) is 25.7 Å². The van der Waals surface area contributed by atoms with Gasteiger partial charge in [0.15, 0.2) is 0 Å². The first kappa shape index (κ1) is 26.8. The molecule has 2 rings (SSSR count). The fraction of sp³-hybridized carbons (Fsp3) is 0.455. The highest BCUT2D eigenvalue weighted by Gasteiger charge is 2.41. The van der Waals surface area contributed by atoms with E-state index in [2.05, 4.69) is 39.3 Å². The highest BCUT2D eigenvalue weighted by Crippen LogP contribution is 2.23. The lowest BCUT2D eigenvalue weighted by atomic mass is 10.2. The Morgan fingerprint density at radius 2 is 0.806 bits per heavy atom. The SMILES string of the molecule is C[Si](C)(OCc1ccc(CCl)cc1)O[Si](C)(C)O[Si](C)(C)OCc1ccc(CCl)cc1. The van der Waals surface area contributed by atoms with Gasteiger partial charge in [0.05, 0.1) is 13.2 Å². The zero-order valence-corrected chi connectivity index (χ0v) is 23.8. The average molecular weight is 518 g/mol. The third kappa shape index (κ3) is 9.89. The lowest BCUT2D eigenvalue weighted by Gasteiger charge is -2.37. The van der Waals surface area contributed by atoms with E-state index in [1.807, 2.05) is 48.5 Å². The molecule has 0 amide bonds. The van der Waals surface area contributed by atoms with Gasteiger partial charge in [-0.3, -0.25) is 0 Å². The summed E-state index contributed by atoms with van der Waals surface area (Å²) < 4.78 is 25.3. The Morgan fingerprint density at radius 1 is 0.516 bits per heavy atom. The first-order valence-corrected chi connectivity index (χ1v) is 19.9. The largest absolute Gasteiger partial charge is 0.415 e. The van der Waals surface area contributed by atoms with Crippen LogP contribution >= 0.6 is 23.2 Å². The molecular formula is C22H34Cl2O4Si3. The molecule has 0 fully saturated rings. The van der Waals surface area contributed by atoms with Crippen molar-refractivity contribution in [2.45, 2.75) is 64.3 Å². The van der Waals surface area contributed by atoms with E-state index in [4.69, 9.17) is 40.3 Å². The van der Waals surface area contributed by atoms with Gasteiger partial charge in [0.25, 0.3) is 0 Å². The van der Waals surface area contributed by atoms with E-state index in [0.717, 1.165) is 22.3 Å². The molecule has 0 aliphatic carbocycles. The first-order chi connectivity index (χ1) is 14.4. The molecule has 172 valence electrons. The minimum atomic E-state index is -2.44. The van der Waals surface area contributed by atoms with Crippen LogP contribution in [0.2, 0.25) is 39.3 Å². The van der Waals surface area contributed by atoms with Crippen molar-refractivity contribution in [3.05, 3.63) is 70.8 Å². The van der Waals surface area contributed by atoms with E-state index in [1.54, 1.807) is 0 Å². The summed E-state index contributed by atoms with van der Waals surface area (Å²) >= 11 is 11.7. The van der Waals surface area contributed by atoms with E-state index in [9.17, 15) is 0 Å². The van der Waals surface area contributed by atoms with Crippen LogP contribution in [0.3, 0.4) is 0 Å². The minimum Gasteiger partial charge on any atom is -0.415 e. The molecule has 0 saturated heterocycles. The van der Waals surface area contributed by atoms with Crippen molar-refractivity contribution in [2.75, 3.05) is 0 Å². The van der Waals surface area contributed by atoms with Crippen molar-refractivity contribution in [2.24, 2.45) is 0 Å². The van der Waals surface area contributed by atoms with Crippen LogP contribution in [-0.2, 0) is 42.1 Å². The number of hydrogen-bond acceptors (Lipinski definition) is 4. The van der Waals surface area contributed by atoms with Crippen molar-refractivity contribution in [1.82, 2.24) is 0 Å². The maximum atomic E-state index is 6.46. The van der Waals surface area contributed by atoms with E-state index in [0.29, 0.717) is 25.0 Å². The normalized spacial score (nSPS) is 12.9. The molecule has 0 spiro atoms. The van der Waals surface area contributed by atoms with Gasteiger partial charge in [-0.15, -0.1) is 23.2 Å². The fourth-order valence-corrected chi connectivity index (χ4v) is 15.1. The van der Waals surface area contributed by atoms with Gasteiger partial charge < -0.3 is 17.1 Å². The molecule has 0 heterocycles. The minimum absolute atomic E-state index is 0.516. The van der Waals surface area contributed by atoms with Crippen LogP contribution in [0.5, 0.6) is 0 Å². The van der Waals surface area contributed by atoms with Crippen molar-refractivity contribution < 1.29 is 17.1 Å². The standard InChI is InChI=1S/C22H34Cl2O4Si3/c1-29(2,25-17-21-11-7-19(15-23)8-12-21)27-31(5,6)28-30(3,4)26-18-22-13-9-20(16-24)10-14-22/h7-14H,15-18H2,1-6H3. The Kier molecular flexibility index (Phi) is 10.00. The molecule has 0 N–H and O–H groups in total. The topological polar surface area (TPSA) is 36.9 Å². The summed E-state index contributed by atoms with van der Waals surface area (Å²) in [6, 6.07) is 16.3. The highest BCUT2D eigenvalue weighted by atomic mass is 35.5. The van der Waals surface area contributed by atoms with Crippen LogP contribution in [0.25, 0.3) is 0 Å². The van der Waals surface area contributed by atoms with Crippen molar-refractivity contribution >= 4 is 48.9 Å². The van der Waals surface area contributed by atoms with Crippen molar-refractivity contribution in [3.63, 3.8) is 0 Å². The predicted octanol–water partition coefficient (Wildman–Crippen LogP) is 7.04. The second kappa shape index (κ2) is 11.6. The molecule has 0 unspecified atom stereocenters. The van der Waals surface area contributed by atoms with Gasteiger partial charge >= 0.3 is 25.7 Å². The Morgan fingerprint density at radius 3 is 1.10 bits per heavy atom. The fourth-order valence-electron chi connectivity index (χ4n) is 3.23. The third-order valence-electron chi connectivity index (χ3n) is 4.51. The third-order valence-corrected chi connectivity index (χ3v) is 14.7. The summed E-state index contributed by atoms with van der Waals surface area (Å²) in [5, 5.41) is 0. The van der Waals surface area contributed by atoms with Crippen LogP contribution in [0.1, 0.15) is 22.3 Å². The highest BCUT2D eigenvalue weighted by molar-refractivity contribution is 6.84. The molecular weight excluding hydrogens is 483 g/mol. The van der Waals surface area contributed by atoms with Gasteiger partial charge in [-0.05, 0) is 61.5 Å². The van der Waals surface area contributed by atoms with Crippen molar-refractivity contribution in [3.8, 4) is 0 Å². The monoisotopic (exact) mass is 516 g/mol. The Bertz CT molecular complexity index is 745. The number of hydrogen-bond donors (Lipinski definition) is 0. The van der Waals surface area contributed by atoms with Gasteiger partial charge in [0.1, 0.15) is 0 Å². The summed E-state index contributed by atoms with van der Waals surface area (Å²) in [5.74, 6) is 1.03. The smallest absolute Gasteiger partial charge is 0.323 e. The van der Waals surface area contributed by atoms with Crippen LogP contribution in [0.15, 0.2) is 48.5 Å². The van der Waals surface area contributed by atoms with Gasteiger partial charge in [-0.1, -0.05) is 48.5 Å². The molecule has 0 aliphatic heterocycles. The molecule has 0 saturated carbocycles. The molecule has 0 aliphatic rings. The summed E-state index contributed by atoms with van der Waals surface area (Å²) in [4.78, 5) is 0. The molecule has 0 atom stereocenters. The summed E-state index contributed by atoms with van der Waals surface area (Å²) in [6.45, 7) is 13.4. The van der Waals surface area contributed by atoms with Gasteiger partial charge in [-0.2, -0.15) is 0 Å². The number of halogens is 2. The van der Waals surface area contributed by atoms with Gasteiger partial charge in [0, 0.05) is 11.8 Å². The number of alkyl halides is 2. The zero-order valence-electron chi connectivity index (χ0n) is 19.3. The Labute approximate surface area is 200 Å². The number of benzene rings is 2. The van der Waals surface area contributed by atoms with Crippen molar-refractivity contribution in [1.29, 1.82) is 0 Å². The summed E-state index contributed by atoms with van der Waals surface area (Å²) in [5.41, 5.74) is 4.41. The van der Waals surface area contributed by atoms with Gasteiger partial charge in [0.2, 0.25) is 0 Å². The predicted molar refractivity (Wildman–Crippen MR) is 136 cm³/mol. The summed E-state index contributed by atoms with van der Waals surface area (Å²) in [7, 11) is -7.19. The molecule has 31 heavy (non-hydrogen) atoms. The molecule has 2 aromatic rings. The van der Waals surface area contributed by atoms with E-state index in [-0.39, 0.29) is 0 Å². The second-order valence-corrected chi connectivity index (χ2v) is 20.0. The molecule has 0 bridgehead atoms. The van der Waals surface area contributed by atoms with E-state index >= 15 is 0 Å². The quantitative estimate of drug-likeness (QED) is 0.224.